The molecule has 0 N–H and O–H groups in total. The Kier molecular flexibility index (Phi) is 3.10. The first kappa shape index (κ1) is 13.3. The molecule has 0 saturated carbocycles. The number of thiophene rings is 1. The molecule has 1 aliphatic carbocycles. The highest BCUT2D eigenvalue weighted by atomic mass is 32.1. The van der Waals surface area contributed by atoms with E-state index in [1.807, 2.05) is 22.2 Å². The number of thiazole rings is 1. The lowest BCUT2D eigenvalue weighted by atomic mass is 10.1. The van der Waals surface area contributed by atoms with Crippen LogP contribution in [-0.2, 0) is 0 Å². The fourth-order valence-electron chi connectivity index (χ4n) is 2.42. The predicted molar refractivity (Wildman–Crippen MR) is 88.5 cm³/mol. The van der Waals surface area contributed by atoms with Gasteiger partial charge in [-0.15, -0.1) is 11.3 Å². The molecule has 0 atom stereocenters. The number of allylic oxidation sites excluding steroid dienone is 1. The zero-order chi connectivity index (χ0) is 15.1. The summed E-state index contributed by atoms with van der Waals surface area (Å²) < 4.78 is 0. The van der Waals surface area contributed by atoms with E-state index in [4.69, 9.17) is 0 Å². The summed E-state index contributed by atoms with van der Waals surface area (Å²) in [4.78, 5) is 29.2. The lowest BCUT2D eigenvalue weighted by Crippen LogP contribution is -2.00. The van der Waals surface area contributed by atoms with Crippen molar-refractivity contribution < 1.29 is 9.59 Å². The van der Waals surface area contributed by atoms with E-state index < -0.39 is 0 Å². The van der Waals surface area contributed by atoms with Crippen LogP contribution >= 0.6 is 22.7 Å². The molecule has 3 aromatic rings. The van der Waals surface area contributed by atoms with Gasteiger partial charge in [0.1, 0.15) is 5.01 Å². The van der Waals surface area contributed by atoms with E-state index in [9.17, 15) is 9.59 Å². The Bertz CT molecular complexity index is 883. The topological polar surface area (TPSA) is 47.0 Å². The number of aromatic nitrogens is 1. The van der Waals surface area contributed by atoms with Gasteiger partial charge in [0, 0.05) is 27.5 Å². The summed E-state index contributed by atoms with van der Waals surface area (Å²) in [5, 5.41) is 6.78. The summed E-state index contributed by atoms with van der Waals surface area (Å²) in [5.74, 6) is -0.434. The largest absolute Gasteiger partial charge is 0.288 e. The van der Waals surface area contributed by atoms with E-state index in [1.165, 1.54) is 11.3 Å². The number of ketones is 2. The number of hydrogen-bond acceptors (Lipinski definition) is 5. The SMILES string of the molecule is O=C1C(=Cc2csc(-c3ccsc3)n2)C(=O)c2ccccc21. The van der Waals surface area contributed by atoms with Crippen molar-refractivity contribution in [1.29, 1.82) is 0 Å². The van der Waals surface area contributed by atoms with Gasteiger partial charge in [-0.3, -0.25) is 9.59 Å². The minimum absolute atomic E-state index is 0.198. The first-order valence-corrected chi connectivity index (χ1v) is 8.44. The molecule has 4 rings (SSSR count). The van der Waals surface area contributed by atoms with Crippen molar-refractivity contribution in [3.05, 3.63) is 68.9 Å². The van der Waals surface area contributed by atoms with E-state index in [0.29, 0.717) is 16.8 Å². The van der Waals surface area contributed by atoms with Crippen LogP contribution in [0.2, 0.25) is 0 Å². The molecular weight excluding hydrogens is 314 g/mol. The molecule has 0 aliphatic heterocycles. The second-order valence-electron chi connectivity index (χ2n) is 4.85. The second-order valence-corrected chi connectivity index (χ2v) is 6.49. The highest BCUT2D eigenvalue weighted by molar-refractivity contribution is 7.14. The monoisotopic (exact) mass is 323 g/mol. The lowest BCUT2D eigenvalue weighted by Gasteiger charge is -1.91. The summed E-state index contributed by atoms with van der Waals surface area (Å²) in [6.07, 6.45) is 1.59. The van der Waals surface area contributed by atoms with Crippen LogP contribution in [-0.4, -0.2) is 16.6 Å². The Balaban J connectivity index is 1.73. The lowest BCUT2D eigenvalue weighted by molar-refractivity contribution is 0.0990. The van der Waals surface area contributed by atoms with E-state index in [2.05, 4.69) is 4.98 Å². The fourth-order valence-corrected chi connectivity index (χ4v) is 3.91. The maximum Gasteiger partial charge on any atom is 0.197 e. The molecule has 22 heavy (non-hydrogen) atoms. The molecule has 1 aromatic carbocycles. The maximum atomic E-state index is 12.3. The standard InChI is InChI=1S/C17H9NO2S2/c19-15-12-3-1-2-4-13(12)16(20)14(15)7-11-9-22-17(18-11)10-5-6-21-8-10/h1-9H. The molecule has 3 nitrogen and oxygen atoms in total. The third-order valence-corrected chi connectivity index (χ3v) is 5.08. The number of nitrogens with zero attached hydrogens (tertiary/aromatic N) is 1. The minimum atomic E-state index is -0.217. The molecule has 0 unspecified atom stereocenters. The van der Waals surface area contributed by atoms with Crippen LogP contribution in [0.15, 0.2) is 52.0 Å². The molecule has 0 amide bonds. The van der Waals surface area contributed by atoms with Gasteiger partial charge in [0.15, 0.2) is 11.6 Å². The summed E-state index contributed by atoms with van der Waals surface area (Å²) >= 11 is 3.12. The molecule has 5 heteroatoms. The Morgan fingerprint density at radius 2 is 1.68 bits per heavy atom. The van der Waals surface area contributed by atoms with Gasteiger partial charge in [0.05, 0.1) is 11.3 Å². The quantitative estimate of drug-likeness (QED) is 0.521. The van der Waals surface area contributed by atoms with E-state index in [1.54, 1.807) is 41.7 Å². The van der Waals surface area contributed by atoms with Crippen molar-refractivity contribution in [3.8, 4) is 10.6 Å². The molecule has 0 fully saturated rings. The summed E-state index contributed by atoms with van der Waals surface area (Å²) in [5.41, 5.74) is 2.87. The van der Waals surface area contributed by atoms with Gasteiger partial charge in [-0.25, -0.2) is 4.98 Å². The van der Waals surface area contributed by atoms with Crippen molar-refractivity contribution in [1.82, 2.24) is 4.98 Å². The minimum Gasteiger partial charge on any atom is -0.288 e. The molecule has 2 heterocycles. The molecule has 0 radical (unpaired) electrons. The fraction of sp³-hybridized carbons (Fsp3) is 0. The van der Waals surface area contributed by atoms with Gasteiger partial charge >= 0.3 is 0 Å². The van der Waals surface area contributed by atoms with Gasteiger partial charge < -0.3 is 0 Å². The van der Waals surface area contributed by atoms with Crippen molar-refractivity contribution >= 4 is 40.3 Å². The number of carbonyl (C=O) groups is 2. The third kappa shape index (κ3) is 2.06. The Labute approximate surface area is 134 Å². The third-order valence-electron chi connectivity index (χ3n) is 3.49. The first-order valence-electron chi connectivity index (χ1n) is 6.62. The number of fused-ring (bicyclic) bond motifs is 1. The van der Waals surface area contributed by atoms with Gasteiger partial charge in [-0.2, -0.15) is 11.3 Å². The average molecular weight is 323 g/mol. The number of Topliss-reactive ketones (excluding diaryl/α,β-unsaturated/α-hetero) is 2. The number of benzene rings is 1. The van der Waals surface area contributed by atoms with Crippen LogP contribution in [0.4, 0.5) is 0 Å². The molecular formula is C17H9NO2S2. The molecule has 0 bridgehead atoms. The number of rotatable bonds is 2. The van der Waals surface area contributed by atoms with Crippen LogP contribution in [0.5, 0.6) is 0 Å². The molecule has 0 spiro atoms. The maximum absolute atomic E-state index is 12.3. The van der Waals surface area contributed by atoms with Crippen molar-refractivity contribution in [2.24, 2.45) is 0 Å². The second kappa shape index (κ2) is 5.12. The average Bonchev–Trinajstić information content (AvgIpc) is 3.25. The normalized spacial score (nSPS) is 13.5. The zero-order valence-corrected chi connectivity index (χ0v) is 12.9. The van der Waals surface area contributed by atoms with E-state index >= 15 is 0 Å². The van der Waals surface area contributed by atoms with Crippen molar-refractivity contribution in [2.45, 2.75) is 0 Å². The van der Waals surface area contributed by atoms with Gasteiger partial charge in [-0.05, 0) is 17.5 Å². The van der Waals surface area contributed by atoms with Crippen molar-refractivity contribution in [2.75, 3.05) is 0 Å². The van der Waals surface area contributed by atoms with Crippen molar-refractivity contribution in [3.63, 3.8) is 0 Å². The molecule has 0 saturated heterocycles. The molecule has 2 aromatic heterocycles. The van der Waals surface area contributed by atoms with Crippen LogP contribution in [0, 0.1) is 0 Å². The van der Waals surface area contributed by atoms with Crippen LogP contribution in [0.25, 0.3) is 16.6 Å². The van der Waals surface area contributed by atoms with Crippen LogP contribution in [0.3, 0.4) is 0 Å². The summed E-state index contributed by atoms with van der Waals surface area (Å²) in [7, 11) is 0. The van der Waals surface area contributed by atoms with E-state index in [-0.39, 0.29) is 17.1 Å². The summed E-state index contributed by atoms with van der Waals surface area (Å²) in [6.45, 7) is 0. The molecule has 106 valence electrons. The molecule has 1 aliphatic rings. The highest BCUT2D eigenvalue weighted by Crippen LogP contribution is 2.30. The van der Waals surface area contributed by atoms with Crippen LogP contribution in [0.1, 0.15) is 26.4 Å². The smallest absolute Gasteiger partial charge is 0.197 e. The van der Waals surface area contributed by atoms with Gasteiger partial charge in [0.25, 0.3) is 0 Å². The zero-order valence-electron chi connectivity index (χ0n) is 11.3. The van der Waals surface area contributed by atoms with Gasteiger partial charge in [0.2, 0.25) is 0 Å². The number of carbonyl (C=O) groups excluding carboxylic acids is 2. The Morgan fingerprint density at radius 1 is 0.955 bits per heavy atom. The number of hydrogen-bond donors (Lipinski definition) is 0. The predicted octanol–water partition coefficient (Wildman–Crippen LogP) is 4.33. The Hall–Kier alpha value is -2.37. The highest BCUT2D eigenvalue weighted by Gasteiger charge is 2.32. The van der Waals surface area contributed by atoms with E-state index in [0.717, 1.165) is 10.6 Å². The summed E-state index contributed by atoms with van der Waals surface area (Å²) in [6, 6.07) is 8.92. The Morgan fingerprint density at radius 3 is 2.32 bits per heavy atom. The first-order chi connectivity index (χ1) is 10.7. The van der Waals surface area contributed by atoms with Gasteiger partial charge in [-0.1, -0.05) is 24.3 Å². The van der Waals surface area contributed by atoms with Crippen LogP contribution < -0.4 is 0 Å².